The average Bonchev–Trinajstić information content (AvgIpc) is 3.80. The fourth-order valence-corrected chi connectivity index (χ4v) is 7.57. The van der Waals surface area contributed by atoms with Crippen LogP contribution in [0.25, 0.3) is 0 Å². The summed E-state index contributed by atoms with van der Waals surface area (Å²) in [6.45, 7) is 11.6. The zero-order chi connectivity index (χ0) is 49.0. The van der Waals surface area contributed by atoms with Gasteiger partial charge in [-0.2, -0.15) is 5.26 Å². The Morgan fingerprint density at radius 2 is 1.43 bits per heavy atom. The van der Waals surface area contributed by atoms with Crippen molar-refractivity contribution in [1.82, 2.24) is 36.8 Å². The maximum Gasteiger partial charge on any atom is 0.264 e. The fraction of sp³-hybridized carbons (Fsp3) is 0.644. The Balaban J connectivity index is 1.03. The zero-order valence-electron chi connectivity index (χ0n) is 38.9. The van der Waals surface area contributed by atoms with E-state index in [4.69, 9.17) is 18.9 Å². The third-order valence-corrected chi connectivity index (χ3v) is 11.1. The summed E-state index contributed by atoms with van der Waals surface area (Å²) in [5.74, 6) is -5.42. The molecular weight excluding hydrogens is 875 g/mol. The third kappa shape index (κ3) is 16.4. The lowest BCUT2D eigenvalue weighted by atomic mass is 9.97. The third-order valence-electron chi connectivity index (χ3n) is 11.1. The predicted molar refractivity (Wildman–Crippen MR) is 239 cm³/mol. The number of nitrogens with one attached hydrogen (secondary N) is 7. The Labute approximate surface area is 390 Å². The number of piperidine rings is 1. The maximum atomic E-state index is 13.4. The topological polar surface area (TPSA) is 302 Å². The van der Waals surface area contributed by atoms with Gasteiger partial charge in [0.2, 0.25) is 41.4 Å². The van der Waals surface area contributed by atoms with Gasteiger partial charge in [-0.1, -0.05) is 33.8 Å². The number of hydrogen-bond donors (Lipinski definition) is 7. The Morgan fingerprint density at radius 1 is 0.776 bits per heavy atom. The lowest BCUT2D eigenvalue weighted by Crippen LogP contribution is -2.58. The molecule has 22 nitrogen and oxygen atoms in total. The number of nitrogens with zero attached hydrogens (tertiary/aromatic N) is 2. The van der Waals surface area contributed by atoms with Crippen LogP contribution in [0.3, 0.4) is 0 Å². The molecule has 4 rings (SSSR count). The van der Waals surface area contributed by atoms with Crippen molar-refractivity contribution < 1.29 is 62.1 Å². The van der Waals surface area contributed by atoms with Crippen LogP contribution in [0, 0.1) is 29.1 Å². The number of imide groups is 2. The van der Waals surface area contributed by atoms with Crippen molar-refractivity contribution in [1.29, 1.82) is 5.26 Å². The number of carbonyl (C=O) groups excluding carboxylic acids is 9. The van der Waals surface area contributed by atoms with E-state index in [1.807, 2.05) is 19.9 Å². The van der Waals surface area contributed by atoms with Gasteiger partial charge in [-0.15, -0.1) is 0 Å². The summed E-state index contributed by atoms with van der Waals surface area (Å²) in [6, 6.07) is 1.87. The van der Waals surface area contributed by atoms with Gasteiger partial charge < -0.3 is 50.8 Å². The fourth-order valence-electron chi connectivity index (χ4n) is 7.57. The Morgan fingerprint density at radius 3 is 2.03 bits per heavy atom. The van der Waals surface area contributed by atoms with Gasteiger partial charge in [0.15, 0.2) is 0 Å². The first-order chi connectivity index (χ1) is 32.0. The number of hydrogen-bond acceptors (Lipinski definition) is 15. The van der Waals surface area contributed by atoms with E-state index in [2.05, 4.69) is 37.2 Å². The second-order valence-electron chi connectivity index (χ2n) is 17.2. The second-order valence-corrected chi connectivity index (χ2v) is 17.2. The van der Waals surface area contributed by atoms with Gasteiger partial charge in [-0.25, -0.2) is 0 Å². The number of ether oxygens (including phenoxy) is 4. The molecule has 0 aliphatic carbocycles. The molecule has 0 bridgehead atoms. The van der Waals surface area contributed by atoms with Gasteiger partial charge in [-0.05, 0) is 56.6 Å². The second kappa shape index (κ2) is 27.0. The van der Waals surface area contributed by atoms with Gasteiger partial charge in [0.25, 0.3) is 11.8 Å². The molecule has 1 aromatic rings. The average molecular weight is 940 g/mol. The first-order valence-electron chi connectivity index (χ1n) is 22.8. The number of fused-ring (bicyclic) bond motifs is 1. The number of benzene rings is 1. The van der Waals surface area contributed by atoms with Crippen molar-refractivity contribution in [2.75, 3.05) is 71.3 Å². The van der Waals surface area contributed by atoms with Crippen molar-refractivity contribution in [2.45, 2.75) is 103 Å². The van der Waals surface area contributed by atoms with Crippen molar-refractivity contribution in [2.24, 2.45) is 17.8 Å². The van der Waals surface area contributed by atoms with E-state index in [0.717, 1.165) is 4.90 Å². The quantitative estimate of drug-likeness (QED) is 0.0400. The lowest BCUT2D eigenvalue weighted by Gasteiger charge is -2.27. The van der Waals surface area contributed by atoms with Gasteiger partial charge in [0.05, 0.1) is 70.1 Å². The molecule has 22 heteroatoms. The van der Waals surface area contributed by atoms with E-state index in [-0.39, 0.29) is 93.3 Å². The highest BCUT2D eigenvalue weighted by Crippen LogP contribution is 2.32. The number of rotatable bonds is 29. The molecule has 3 aliphatic rings. The highest BCUT2D eigenvalue weighted by molar-refractivity contribution is 6.25. The minimum atomic E-state index is -1.05. The van der Waals surface area contributed by atoms with Crippen LogP contribution in [-0.2, 0) is 52.5 Å². The summed E-state index contributed by atoms with van der Waals surface area (Å²) in [6.07, 6.45) is 1.07. The normalized spacial score (nSPS) is 18.7. The molecule has 3 aliphatic heterocycles. The monoisotopic (exact) mass is 939 g/mol. The van der Waals surface area contributed by atoms with Crippen LogP contribution in [0.15, 0.2) is 18.2 Å². The predicted octanol–water partition coefficient (Wildman–Crippen LogP) is -0.333. The number of anilines is 1. The van der Waals surface area contributed by atoms with E-state index >= 15 is 0 Å². The molecule has 7 N–H and O–H groups in total. The van der Waals surface area contributed by atoms with E-state index in [1.165, 1.54) is 13.0 Å². The van der Waals surface area contributed by atoms with Gasteiger partial charge in [-0.3, -0.25) is 53.4 Å². The largest absolute Gasteiger partial charge is 0.382 e. The maximum absolute atomic E-state index is 13.4. The summed E-state index contributed by atoms with van der Waals surface area (Å²) in [7, 11) is 0. The molecule has 0 spiro atoms. The summed E-state index contributed by atoms with van der Waals surface area (Å²) in [5, 5.41) is 28.3. The molecule has 0 radical (unpaired) electrons. The molecule has 0 saturated carbocycles. The molecule has 1 aromatic carbocycles. The van der Waals surface area contributed by atoms with Crippen LogP contribution in [0.5, 0.6) is 0 Å². The van der Waals surface area contributed by atoms with Crippen LogP contribution in [-0.4, -0.2) is 154 Å². The Hall–Kier alpha value is -6.02. The Bertz CT molecular complexity index is 1990. The standard InChI is InChI=1S/C45H65N9O13/c1-26(2)23-33(41(59)50-30(25-46)24-29-11-13-48-40(29)58)51-43(61)38(27(3)4)53-39(57)28(5)49-36(56)12-15-64-17-19-66-21-22-67-20-18-65-16-14-47-32-8-6-7-31-37(32)45(63)54(44(31)62)34-9-10-35(55)52-42(34)60/h6-8,26-30,33-34,38,47H,9-24H2,1-5H3,(H,48,58)(H,49,56)(H,50,59)(H,51,61)(H,53,57)(H,52,55,60)/t28-,29-,30-,33-,34?,38-/m0/s1. The highest BCUT2D eigenvalue weighted by Gasteiger charge is 2.45. The minimum Gasteiger partial charge on any atom is -0.382 e. The number of amides is 9. The molecule has 9 amide bonds. The summed E-state index contributed by atoms with van der Waals surface area (Å²) in [4.78, 5) is 115. The molecular formula is C45H65N9O13. The van der Waals surface area contributed by atoms with Crippen LogP contribution in [0.2, 0.25) is 0 Å². The van der Waals surface area contributed by atoms with Gasteiger partial charge >= 0.3 is 0 Å². The summed E-state index contributed by atoms with van der Waals surface area (Å²) < 4.78 is 22.1. The van der Waals surface area contributed by atoms with Crippen LogP contribution < -0.4 is 37.2 Å². The van der Waals surface area contributed by atoms with Gasteiger partial charge in [0, 0.05) is 37.5 Å². The highest BCUT2D eigenvalue weighted by atomic mass is 16.6. The summed E-state index contributed by atoms with van der Waals surface area (Å²) in [5.41, 5.74) is 0.790. The number of nitriles is 1. The Kier molecular flexibility index (Phi) is 21.6. The smallest absolute Gasteiger partial charge is 0.264 e. The molecule has 3 heterocycles. The van der Waals surface area contributed by atoms with E-state index in [0.29, 0.717) is 51.6 Å². The van der Waals surface area contributed by atoms with Crippen molar-refractivity contribution in [3.05, 3.63) is 29.3 Å². The minimum absolute atomic E-state index is 0.000814. The molecule has 368 valence electrons. The van der Waals surface area contributed by atoms with Crippen molar-refractivity contribution in [3.8, 4) is 6.07 Å². The zero-order valence-corrected chi connectivity index (χ0v) is 38.9. The van der Waals surface area contributed by atoms with Crippen LogP contribution >= 0.6 is 0 Å². The van der Waals surface area contributed by atoms with Crippen LogP contribution in [0.4, 0.5) is 5.69 Å². The van der Waals surface area contributed by atoms with Crippen LogP contribution in [0.1, 0.15) is 93.9 Å². The van der Waals surface area contributed by atoms with Gasteiger partial charge in [0.1, 0.15) is 30.2 Å². The van der Waals surface area contributed by atoms with Crippen molar-refractivity contribution >= 4 is 58.9 Å². The number of carbonyl (C=O) groups is 9. The van der Waals surface area contributed by atoms with Crippen molar-refractivity contribution in [3.63, 3.8) is 0 Å². The molecule has 2 fully saturated rings. The van der Waals surface area contributed by atoms with E-state index in [9.17, 15) is 48.4 Å². The first kappa shape index (κ1) is 53.6. The molecule has 67 heavy (non-hydrogen) atoms. The summed E-state index contributed by atoms with van der Waals surface area (Å²) >= 11 is 0. The lowest BCUT2D eigenvalue weighted by molar-refractivity contribution is -0.136. The molecule has 1 unspecified atom stereocenters. The molecule has 2 saturated heterocycles. The molecule has 6 atom stereocenters. The first-order valence-corrected chi connectivity index (χ1v) is 22.8. The molecule has 0 aromatic heterocycles. The van der Waals surface area contributed by atoms with E-state index < -0.39 is 77.5 Å². The van der Waals surface area contributed by atoms with E-state index in [1.54, 1.807) is 26.0 Å². The SMILES string of the molecule is CC(C)C[C@H](NC(=O)[C@@H](NC(=O)[C@H](C)NC(=O)CCOCCOCCOCCOCCNc1cccc2c1C(=O)N(C1CCC(=O)NC1=O)C2=O)C(C)C)C(=O)N[C@H](C#N)C[C@@H]1CCNC1=O.